The summed E-state index contributed by atoms with van der Waals surface area (Å²) in [5.41, 5.74) is 0.197. The Bertz CT molecular complexity index is 450. The lowest BCUT2D eigenvalue weighted by molar-refractivity contribution is -0.929. The summed E-state index contributed by atoms with van der Waals surface area (Å²) < 4.78 is 2.28. The van der Waals surface area contributed by atoms with Crippen LogP contribution in [0.5, 0.6) is 0 Å². The van der Waals surface area contributed by atoms with Crippen molar-refractivity contribution in [1.29, 1.82) is 0 Å². The quantitative estimate of drug-likeness (QED) is 0.362. The minimum absolute atomic E-state index is 0.197. The van der Waals surface area contributed by atoms with Crippen LogP contribution in [0.1, 0.15) is 89.4 Å². The van der Waals surface area contributed by atoms with Gasteiger partial charge in [-0.15, -0.1) is 0 Å². The van der Waals surface area contributed by atoms with Crippen LogP contribution in [-0.2, 0) is 0 Å². The molecule has 0 unspecified atom stereocenters. The molecular weight excluding hydrogens is 402 g/mol. The summed E-state index contributed by atoms with van der Waals surface area (Å²) in [5, 5.41) is 10.2. The van der Waals surface area contributed by atoms with E-state index in [1.165, 1.54) is 94.2 Å². The number of halogens is 1. The zero-order valence-corrected chi connectivity index (χ0v) is 19.5. The van der Waals surface area contributed by atoms with Gasteiger partial charge in [-0.05, 0) is 43.4 Å². The van der Waals surface area contributed by atoms with Crippen molar-refractivity contribution in [3.8, 4) is 0 Å². The molecule has 0 amide bonds. The molecule has 0 saturated carbocycles. The molecule has 4 heteroatoms. The van der Waals surface area contributed by atoms with E-state index < -0.39 is 5.97 Å². The van der Waals surface area contributed by atoms with Gasteiger partial charge in [-0.2, -0.15) is 0 Å². The highest BCUT2D eigenvalue weighted by atomic mass is 79.9. The molecule has 156 valence electrons. The fourth-order valence-corrected chi connectivity index (χ4v) is 3.50. The average molecular weight is 442 g/mol. The molecule has 3 nitrogen and oxygen atoms in total. The molecule has 0 fully saturated rings. The summed E-state index contributed by atoms with van der Waals surface area (Å²) in [6, 6.07) is 6.29. The maximum Gasteiger partial charge on any atom is 0.0786 e. The van der Waals surface area contributed by atoms with Gasteiger partial charge in [-0.25, -0.2) is 0 Å². The number of nitrogens with zero attached hydrogens (tertiary/aromatic N) is 1. The highest BCUT2D eigenvalue weighted by molar-refractivity contribution is 9.10. The van der Waals surface area contributed by atoms with Gasteiger partial charge in [-0.1, -0.05) is 81.4 Å². The van der Waals surface area contributed by atoms with Crippen molar-refractivity contribution >= 4 is 21.9 Å². The van der Waals surface area contributed by atoms with Gasteiger partial charge in [0.25, 0.3) is 0 Å². The molecule has 0 radical (unpaired) electrons. The van der Waals surface area contributed by atoms with Crippen LogP contribution in [0.2, 0.25) is 0 Å². The standard InChI is InChI=1S/C16H36N.C7H5BrO2/c1-5-9-13-17(14-10-6-2,15-11-7-3)16-12-8-4;8-6-3-1-5(2-4-6)7(9)10/h5-16H2,1-4H3;1-4H,(H,9,10)/q+1;/p-1. The molecule has 0 aliphatic heterocycles. The predicted octanol–water partition coefficient (Wildman–Crippen LogP) is 5.82. The summed E-state index contributed by atoms with van der Waals surface area (Å²) in [4.78, 5) is 10.2. The Hall–Kier alpha value is -0.870. The van der Waals surface area contributed by atoms with E-state index in [2.05, 4.69) is 43.6 Å². The van der Waals surface area contributed by atoms with E-state index in [0.717, 1.165) is 4.47 Å². The number of rotatable bonds is 13. The van der Waals surface area contributed by atoms with Crippen LogP contribution in [0.25, 0.3) is 0 Å². The zero-order valence-electron chi connectivity index (χ0n) is 17.9. The zero-order chi connectivity index (χ0) is 20.5. The topological polar surface area (TPSA) is 40.1 Å². The first-order chi connectivity index (χ1) is 12.9. The van der Waals surface area contributed by atoms with E-state index in [1.807, 2.05) is 0 Å². The summed E-state index contributed by atoms with van der Waals surface area (Å²) in [6.07, 6.45) is 11.1. The average Bonchev–Trinajstić information content (AvgIpc) is 2.68. The highest BCUT2D eigenvalue weighted by Gasteiger charge is 2.24. The molecule has 0 aromatic heterocycles. The highest BCUT2D eigenvalue weighted by Crippen LogP contribution is 2.16. The molecule has 0 atom stereocenters. The van der Waals surface area contributed by atoms with Crippen LogP contribution in [-0.4, -0.2) is 36.6 Å². The van der Waals surface area contributed by atoms with Gasteiger partial charge in [0.05, 0.1) is 32.1 Å². The van der Waals surface area contributed by atoms with Crippen LogP contribution in [0.4, 0.5) is 0 Å². The van der Waals surface area contributed by atoms with E-state index >= 15 is 0 Å². The van der Waals surface area contributed by atoms with E-state index in [0.29, 0.717) is 0 Å². The minimum atomic E-state index is -1.15. The Kier molecular flexibility index (Phi) is 15.6. The molecule has 0 heterocycles. The lowest BCUT2D eigenvalue weighted by atomic mass is 10.1. The Labute approximate surface area is 175 Å². The van der Waals surface area contributed by atoms with Crippen LogP contribution in [0.15, 0.2) is 28.7 Å². The van der Waals surface area contributed by atoms with Crippen molar-refractivity contribution in [2.45, 2.75) is 79.1 Å². The first-order valence-corrected chi connectivity index (χ1v) is 11.6. The summed E-state index contributed by atoms with van der Waals surface area (Å²) in [5.74, 6) is -1.15. The number of aromatic carboxylic acids is 1. The van der Waals surface area contributed by atoms with Crippen LogP contribution in [0.3, 0.4) is 0 Å². The number of benzene rings is 1. The smallest absolute Gasteiger partial charge is 0.0786 e. The maximum absolute atomic E-state index is 10.2. The molecule has 1 aromatic carbocycles. The second kappa shape index (κ2) is 16.1. The van der Waals surface area contributed by atoms with Gasteiger partial charge in [0, 0.05) is 4.47 Å². The van der Waals surface area contributed by atoms with Gasteiger partial charge in [-0.3, -0.25) is 0 Å². The van der Waals surface area contributed by atoms with E-state index in [1.54, 1.807) is 12.1 Å². The predicted molar refractivity (Wildman–Crippen MR) is 118 cm³/mol. The van der Waals surface area contributed by atoms with E-state index in [9.17, 15) is 9.90 Å². The number of carbonyl (C=O) groups is 1. The normalized spacial score (nSPS) is 11.0. The summed E-state index contributed by atoms with van der Waals surface area (Å²) in [6.45, 7) is 15.0. The van der Waals surface area contributed by atoms with Gasteiger partial charge in [0.2, 0.25) is 0 Å². The number of hydrogen-bond donors (Lipinski definition) is 0. The van der Waals surface area contributed by atoms with Crippen molar-refractivity contribution in [2.24, 2.45) is 0 Å². The molecule has 0 saturated heterocycles. The molecule has 1 aromatic rings. The van der Waals surface area contributed by atoms with Crippen molar-refractivity contribution in [3.05, 3.63) is 34.3 Å². The van der Waals surface area contributed by atoms with Crippen molar-refractivity contribution in [2.75, 3.05) is 26.2 Å². The second-order valence-electron chi connectivity index (χ2n) is 7.44. The number of carboxylic acid groups (broad SMARTS) is 1. The Morgan fingerprint density at radius 2 is 1.11 bits per heavy atom. The van der Waals surface area contributed by atoms with Crippen LogP contribution >= 0.6 is 15.9 Å². The number of hydrogen-bond acceptors (Lipinski definition) is 2. The van der Waals surface area contributed by atoms with E-state index in [4.69, 9.17) is 0 Å². The third-order valence-electron chi connectivity index (χ3n) is 5.02. The monoisotopic (exact) mass is 441 g/mol. The fraction of sp³-hybridized carbons (Fsp3) is 0.696. The van der Waals surface area contributed by atoms with Gasteiger partial charge in [0.15, 0.2) is 0 Å². The summed E-state index contributed by atoms with van der Waals surface area (Å²) >= 11 is 3.18. The molecule has 0 aliphatic rings. The van der Waals surface area contributed by atoms with Crippen LogP contribution in [0, 0.1) is 0 Å². The van der Waals surface area contributed by atoms with Gasteiger partial charge >= 0.3 is 0 Å². The number of quaternary nitrogens is 1. The fourth-order valence-electron chi connectivity index (χ4n) is 3.23. The molecule has 0 bridgehead atoms. The number of carboxylic acids is 1. The summed E-state index contributed by atoms with van der Waals surface area (Å²) in [7, 11) is 0. The Morgan fingerprint density at radius 3 is 1.37 bits per heavy atom. The molecule has 0 aliphatic carbocycles. The largest absolute Gasteiger partial charge is 0.545 e. The second-order valence-corrected chi connectivity index (χ2v) is 8.36. The molecule has 27 heavy (non-hydrogen) atoms. The van der Waals surface area contributed by atoms with Crippen molar-refractivity contribution in [3.63, 3.8) is 0 Å². The van der Waals surface area contributed by atoms with Gasteiger partial charge in [0.1, 0.15) is 0 Å². The maximum atomic E-state index is 10.2. The number of carbonyl (C=O) groups excluding carboxylic acids is 1. The molecule has 0 spiro atoms. The molecular formula is C23H40BrNO2. The van der Waals surface area contributed by atoms with Crippen molar-refractivity contribution < 1.29 is 14.4 Å². The third-order valence-corrected chi connectivity index (χ3v) is 5.55. The van der Waals surface area contributed by atoms with Crippen LogP contribution < -0.4 is 5.11 Å². The SMILES string of the molecule is CCCC[N+](CCCC)(CCCC)CCCC.O=C([O-])c1ccc(Br)cc1. The van der Waals surface area contributed by atoms with Gasteiger partial charge < -0.3 is 14.4 Å². The van der Waals surface area contributed by atoms with E-state index in [-0.39, 0.29) is 5.56 Å². The third kappa shape index (κ3) is 12.2. The first kappa shape index (κ1) is 26.1. The molecule has 1 rings (SSSR count). The molecule has 0 N–H and O–H groups in total. The lowest BCUT2D eigenvalue weighted by Crippen LogP contribution is -2.50. The van der Waals surface area contributed by atoms with Crippen molar-refractivity contribution in [1.82, 2.24) is 0 Å². The minimum Gasteiger partial charge on any atom is -0.545 e. The lowest BCUT2D eigenvalue weighted by Gasteiger charge is -2.39. The first-order valence-electron chi connectivity index (χ1n) is 10.8. The number of unbranched alkanes of at least 4 members (excludes halogenated alkanes) is 4. The Balaban J connectivity index is 0.000000569. The Morgan fingerprint density at radius 1 is 0.778 bits per heavy atom.